The van der Waals surface area contributed by atoms with Crippen LogP contribution in [0.25, 0.3) is 0 Å². The summed E-state index contributed by atoms with van der Waals surface area (Å²) in [6.07, 6.45) is 0.305. The van der Waals surface area contributed by atoms with Gasteiger partial charge in [0.2, 0.25) is 0 Å². The first-order chi connectivity index (χ1) is 13.0. The van der Waals surface area contributed by atoms with Crippen molar-refractivity contribution in [3.05, 3.63) is 106 Å². The number of carbonyl (C=O) groups excluding carboxylic acids is 1. The van der Waals surface area contributed by atoms with Gasteiger partial charge in [0.25, 0.3) is 5.91 Å². The van der Waals surface area contributed by atoms with Gasteiger partial charge in [-0.3, -0.25) is 4.79 Å². The first kappa shape index (κ1) is 17.6. The molecule has 0 fully saturated rings. The van der Waals surface area contributed by atoms with Crippen molar-refractivity contribution in [3.8, 4) is 0 Å². The van der Waals surface area contributed by atoms with Gasteiger partial charge in [-0.1, -0.05) is 66.2 Å². The van der Waals surface area contributed by atoms with Gasteiger partial charge < -0.3 is 0 Å². The van der Waals surface area contributed by atoms with Crippen molar-refractivity contribution >= 4 is 23.2 Å². The van der Waals surface area contributed by atoms with Gasteiger partial charge in [-0.15, -0.1) is 0 Å². The van der Waals surface area contributed by atoms with Crippen LogP contribution in [-0.2, 0) is 12.8 Å². The monoisotopic (exact) mass is 377 g/mol. The predicted octanol–water partition coefficient (Wildman–Crippen LogP) is 5.48. The maximum Gasteiger partial charge on any atom is 0.277 e. The fraction of sp³-hybridized carbons (Fsp3) is 0.130. The van der Waals surface area contributed by atoms with Gasteiger partial charge in [-0.2, -0.15) is 0 Å². The minimum Gasteiger partial charge on any atom is -0.267 e. The van der Waals surface area contributed by atoms with E-state index in [0.29, 0.717) is 16.1 Å². The van der Waals surface area contributed by atoms with Gasteiger partial charge in [0.15, 0.2) is 5.67 Å². The summed E-state index contributed by atoms with van der Waals surface area (Å²) in [5.41, 5.74) is 1.17. The third kappa shape index (κ3) is 3.56. The van der Waals surface area contributed by atoms with Crippen LogP contribution in [0, 0.1) is 0 Å². The summed E-state index contributed by atoms with van der Waals surface area (Å²) in [6, 6.07) is 23.4. The lowest BCUT2D eigenvalue weighted by Gasteiger charge is -2.21. The standard InChI is InChI=1S/C23H17ClFNO/c24-19-11-12-20-18(13-19)15-23(25,14-16-7-3-1-4-8-16)21(20)26-22(27)17-9-5-2-6-10-17/h1-13H,14-15H2/t23-/m1/s1. The normalized spacial score (nSPS) is 19.9. The molecule has 0 spiro atoms. The van der Waals surface area contributed by atoms with Gasteiger partial charge >= 0.3 is 0 Å². The summed E-state index contributed by atoms with van der Waals surface area (Å²) < 4.78 is 16.1. The molecular weight excluding hydrogens is 361 g/mol. The highest BCUT2D eigenvalue weighted by atomic mass is 35.5. The maximum absolute atomic E-state index is 16.1. The molecule has 1 aliphatic carbocycles. The highest BCUT2D eigenvalue weighted by Gasteiger charge is 2.44. The molecule has 3 aromatic rings. The van der Waals surface area contributed by atoms with E-state index in [0.717, 1.165) is 11.1 Å². The lowest BCUT2D eigenvalue weighted by atomic mass is 9.91. The van der Waals surface area contributed by atoms with E-state index in [1.54, 1.807) is 42.5 Å². The van der Waals surface area contributed by atoms with E-state index in [2.05, 4.69) is 4.99 Å². The van der Waals surface area contributed by atoms with Crippen LogP contribution in [0.5, 0.6) is 0 Å². The van der Waals surface area contributed by atoms with Gasteiger partial charge in [0.1, 0.15) is 0 Å². The van der Waals surface area contributed by atoms with Crippen molar-refractivity contribution in [2.75, 3.05) is 0 Å². The van der Waals surface area contributed by atoms with Gasteiger partial charge in [0.05, 0.1) is 5.71 Å². The molecule has 2 nitrogen and oxygen atoms in total. The summed E-state index contributed by atoms with van der Waals surface area (Å²) in [5, 5.41) is 0.548. The highest BCUT2D eigenvalue weighted by molar-refractivity contribution is 6.31. The number of nitrogens with zero attached hydrogens (tertiary/aromatic N) is 1. The second kappa shape index (κ2) is 7.09. The largest absolute Gasteiger partial charge is 0.277 e. The third-order valence-electron chi connectivity index (χ3n) is 4.78. The number of benzene rings is 3. The molecular formula is C23H17ClFNO. The number of amides is 1. The van der Waals surface area contributed by atoms with Crippen molar-refractivity contribution < 1.29 is 9.18 Å². The van der Waals surface area contributed by atoms with E-state index < -0.39 is 11.6 Å². The zero-order chi connectivity index (χ0) is 18.9. The van der Waals surface area contributed by atoms with E-state index in [9.17, 15) is 4.79 Å². The molecule has 0 heterocycles. The van der Waals surface area contributed by atoms with Crippen LogP contribution in [0.1, 0.15) is 27.0 Å². The molecule has 27 heavy (non-hydrogen) atoms. The molecule has 4 rings (SSSR count). The topological polar surface area (TPSA) is 29.4 Å². The van der Waals surface area contributed by atoms with Crippen LogP contribution in [0.15, 0.2) is 83.9 Å². The number of carbonyl (C=O) groups is 1. The Morgan fingerprint density at radius 1 is 1.00 bits per heavy atom. The SMILES string of the molecule is O=C(N=C1c2ccc(Cl)cc2C[C@]1(F)Cc1ccccc1)c1ccccc1. The molecule has 1 amide bonds. The molecule has 1 atom stereocenters. The van der Waals surface area contributed by atoms with E-state index in [1.165, 1.54) is 0 Å². The average Bonchev–Trinajstić information content (AvgIpc) is 2.93. The number of rotatable bonds is 3. The van der Waals surface area contributed by atoms with Crippen molar-refractivity contribution in [1.82, 2.24) is 0 Å². The van der Waals surface area contributed by atoms with Gasteiger partial charge in [0, 0.05) is 29.0 Å². The van der Waals surface area contributed by atoms with E-state index in [1.807, 2.05) is 36.4 Å². The number of hydrogen-bond acceptors (Lipinski definition) is 1. The minimum atomic E-state index is -1.75. The summed E-state index contributed by atoms with van der Waals surface area (Å²) >= 11 is 6.10. The van der Waals surface area contributed by atoms with Crippen LogP contribution < -0.4 is 0 Å². The average molecular weight is 378 g/mol. The van der Waals surface area contributed by atoms with E-state index in [-0.39, 0.29) is 18.6 Å². The van der Waals surface area contributed by atoms with Crippen molar-refractivity contribution in [3.63, 3.8) is 0 Å². The molecule has 134 valence electrons. The van der Waals surface area contributed by atoms with Crippen LogP contribution in [0.3, 0.4) is 0 Å². The van der Waals surface area contributed by atoms with Crippen molar-refractivity contribution in [1.29, 1.82) is 0 Å². The van der Waals surface area contributed by atoms with E-state index >= 15 is 4.39 Å². The minimum absolute atomic E-state index is 0.151. The Morgan fingerprint density at radius 2 is 1.67 bits per heavy atom. The molecule has 0 saturated carbocycles. The summed E-state index contributed by atoms with van der Waals surface area (Å²) in [4.78, 5) is 16.9. The number of alkyl halides is 1. The molecule has 1 aliphatic rings. The number of hydrogen-bond donors (Lipinski definition) is 0. The zero-order valence-electron chi connectivity index (χ0n) is 14.5. The molecule has 0 radical (unpaired) electrons. The Balaban J connectivity index is 1.78. The lowest BCUT2D eigenvalue weighted by molar-refractivity contribution is 0.100. The molecule has 0 bridgehead atoms. The number of aliphatic imine (C=N–C) groups is 1. The molecule has 4 heteroatoms. The van der Waals surface area contributed by atoms with Crippen LogP contribution in [0.4, 0.5) is 4.39 Å². The smallest absolute Gasteiger partial charge is 0.267 e. The summed E-state index contributed by atoms with van der Waals surface area (Å²) in [7, 11) is 0. The molecule has 0 aliphatic heterocycles. The first-order valence-electron chi connectivity index (χ1n) is 8.75. The zero-order valence-corrected chi connectivity index (χ0v) is 15.3. The first-order valence-corrected chi connectivity index (χ1v) is 9.13. The Bertz CT molecular complexity index is 1020. The highest BCUT2D eigenvalue weighted by Crippen LogP contribution is 2.38. The van der Waals surface area contributed by atoms with Crippen LogP contribution in [-0.4, -0.2) is 17.3 Å². The van der Waals surface area contributed by atoms with Crippen LogP contribution >= 0.6 is 11.6 Å². The summed E-state index contributed by atoms with van der Waals surface area (Å²) in [5.74, 6) is -0.441. The molecule has 3 aromatic carbocycles. The van der Waals surface area contributed by atoms with Crippen molar-refractivity contribution in [2.24, 2.45) is 4.99 Å². The fourth-order valence-corrected chi connectivity index (χ4v) is 3.73. The van der Waals surface area contributed by atoms with Crippen LogP contribution in [0.2, 0.25) is 5.02 Å². The second-order valence-electron chi connectivity index (χ2n) is 6.74. The fourth-order valence-electron chi connectivity index (χ4n) is 3.54. The molecule has 0 unspecified atom stereocenters. The molecule has 0 N–H and O–H groups in total. The Hall–Kier alpha value is -2.78. The number of fused-ring (bicyclic) bond motifs is 1. The summed E-state index contributed by atoms with van der Waals surface area (Å²) in [6.45, 7) is 0. The Labute approximate surface area is 162 Å². The predicted molar refractivity (Wildman–Crippen MR) is 106 cm³/mol. The van der Waals surface area contributed by atoms with Crippen molar-refractivity contribution in [2.45, 2.75) is 18.5 Å². The number of halogens is 2. The molecule has 0 saturated heterocycles. The third-order valence-corrected chi connectivity index (χ3v) is 5.01. The Morgan fingerprint density at radius 3 is 2.37 bits per heavy atom. The maximum atomic E-state index is 16.1. The quantitative estimate of drug-likeness (QED) is 0.594. The van der Waals surface area contributed by atoms with Gasteiger partial charge in [-0.05, 0) is 35.4 Å². The van der Waals surface area contributed by atoms with Gasteiger partial charge in [-0.25, -0.2) is 9.38 Å². The van der Waals surface area contributed by atoms with E-state index in [4.69, 9.17) is 11.6 Å². The molecule has 0 aromatic heterocycles. The second-order valence-corrected chi connectivity index (χ2v) is 7.17. The Kier molecular flexibility index (Phi) is 4.63. The lowest BCUT2D eigenvalue weighted by Crippen LogP contribution is -2.34.